The van der Waals surface area contributed by atoms with Gasteiger partial charge in [-0.15, -0.1) is 0 Å². The molecule has 7 heterocycles. The Labute approximate surface area is 721 Å². The first-order valence-corrected chi connectivity index (χ1v) is 39.6. The zero-order chi connectivity index (χ0) is 96.3. The second-order valence-electron chi connectivity index (χ2n) is 31.5. The number of carbonyl (C=O) groups excluding carboxylic acids is 5. The van der Waals surface area contributed by atoms with Crippen molar-refractivity contribution in [2.24, 2.45) is 0 Å². The third-order valence-electron chi connectivity index (χ3n) is 22.2. The van der Waals surface area contributed by atoms with Gasteiger partial charge in [-0.05, 0) is 0 Å². The number of nitrogens with one attached hydrogen (secondary N) is 5. The van der Waals surface area contributed by atoms with E-state index >= 15 is 0 Å². The van der Waals surface area contributed by atoms with Crippen molar-refractivity contribution in [3.63, 3.8) is 0 Å². The molecule has 0 radical (unpaired) electrons. The van der Waals surface area contributed by atoms with Gasteiger partial charge in [-0.25, -0.2) is 19.2 Å². The van der Waals surface area contributed by atoms with Gasteiger partial charge < -0.3 is 246 Å². The fourth-order valence-electron chi connectivity index (χ4n) is 15.9. The fourth-order valence-corrected chi connectivity index (χ4v) is 15.9. The van der Waals surface area contributed by atoms with E-state index in [9.17, 15) is 196 Å². The number of aliphatic hydroxyl groups excluding tert-OH is 26. The minimum absolute atomic E-state index is 0.746. The van der Waals surface area contributed by atoms with E-state index in [2.05, 4.69) is 26.6 Å². The van der Waals surface area contributed by atoms with Crippen molar-refractivity contribution < 1.29 is 263 Å². The summed E-state index contributed by atoms with van der Waals surface area (Å²) in [6.07, 6.45) is -91.7. The number of aliphatic carboxylic acids is 4. The SMILES string of the molecule is CC(=O)N[C@H]1[C@H](O[C@@H]2[C@H](O[C@]3(C(=O)O)C[C@H](O)[C@@H](NC(C)=O)[C@H]([C@H](O)[C@@H](CO)O[C@]4(C(=O)O)C[C@H](O)[C@@H](NC(C)=O)[C@H]([C@H](O)[C@H](O)CO)O4)O3)[C@@H](O)[C@H](O[C@@H]([C@H](O)[C@@H](O)CO)[C@H](O)CO)O[C@@H]2CO)O[C@H](CO)[C@H](O)[C@@H]1O[C@@H]1O[C@H](CO)[C@H](O)[C@H](O[C@]2(C(=O)O)C[C@H](O)[C@@H](NC(C)=O)[C@H]([C@H](O)[C@@H](CO)O[C@]3(C(=O)O)C[C@H](O)[C@@H](NC(C)=O)[C@H]([C@H](O)[C@H](O)CO)O3)O2)[C@H]1O. The normalized spacial score (nSPS) is 39.9. The van der Waals surface area contributed by atoms with Crippen molar-refractivity contribution in [2.75, 3.05) is 59.5 Å². The highest BCUT2D eigenvalue weighted by atomic mass is 16.8. The second-order valence-corrected chi connectivity index (χ2v) is 31.5. The molecule has 5 amide bonds. The topological polar surface area (TPSA) is 950 Å². The maximum atomic E-state index is 14.3. The van der Waals surface area contributed by atoms with E-state index in [-0.39, 0.29) is 0 Å². The van der Waals surface area contributed by atoms with Gasteiger partial charge in [0.05, 0.1) is 108 Å². The lowest BCUT2D eigenvalue weighted by atomic mass is 9.87. The van der Waals surface area contributed by atoms with Crippen LogP contribution in [0.2, 0.25) is 0 Å². The molecule has 7 fully saturated rings. The molecule has 35 N–H and O–H groups in total. The number of aliphatic hydroxyl groups is 26. The van der Waals surface area contributed by atoms with E-state index in [4.69, 9.17) is 66.3 Å². The highest BCUT2D eigenvalue weighted by molar-refractivity contribution is 5.79. The van der Waals surface area contributed by atoms with Crippen LogP contribution in [0, 0.1) is 0 Å². The van der Waals surface area contributed by atoms with Crippen LogP contribution in [0.1, 0.15) is 60.3 Å². The molecule has 738 valence electrons. The lowest BCUT2D eigenvalue weighted by Crippen LogP contribution is -2.73. The van der Waals surface area contributed by atoms with Crippen LogP contribution < -0.4 is 26.6 Å². The molecule has 0 aliphatic carbocycles. The Kier molecular flexibility index (Phi) is 39.1. The lowest BCUT2D eigenvalue weighted by molar-refractivity contribution is -0.401. The van der Waals surface area contributed by atoms with Crippen LogP contribution in [0.25, 0.3) is 0 Å². The first-order chi connectivity index (χ1) is 59.9. The molecule has 58 heteroatoms. The molecule has 0 spiro atoms. The number of carboxylic acid groups (broad SMARTS) is 4. The van der Waals surface area contributed by atoms with Gasteiger partial charge in [0.1, 0.15) is 171 Å². The van der Waals surface area contributed by atoms with Gasteiger partial charge in [-0.1, -0.05) is 0 Å². The van der Waals surface area contributed by atoms with Crippen LogP contribution in [-0.2, 0) is 109 Å². The summed E-state index contributed by atoms with van der Waals surface area (Å²) in [5, 5.41) is 345. The molecule has 58 nitrogen and oxygen atoms in total. The van der Waals surface area contributed by atoms with E-state index in [1.165, 1.54) is 0 Å². The van der Waals surface area contributed by atoms with Crippen LogP contribution in [0.15, 0.2) is 0 Å². The molecular weight excluding hydrogens is 1760 g/mol. The van der Waals surface area contributed by atoms with E-state index in [1.54, 1.807) is 0 Å². The molecular formula is C70H115N5O53. The number of carboxylic acids is 4. The summed E-state index contributed by atoms with van der Waals surface area (Å²) in [5.41, 5.74) is 0. The van der Waals surface area contributed by atoms with E-state index < -0.39 is 400 Å². The van der Waals surface area contributed by atoms with E-state index in [1.807, 2.05) is 0 Å². The first-order valence-electron chi connectivity index (χ1n) is 39.6. The molecule has 7 rings (SSSR count). The van der Waals surface area contributed by atoms with Crippen LogP contribution in [0.4, 0.5) is 0 Å². The summed E-state index contributed by atoms with van der Waals surface area (Å²) >= 11 is 0. The van der Waals surface area contributed by atoms with Crippen LogP contribution in [0.3, 0.4) is 0 Å². The van der Waals surface area contributed by atoms with Crippen molar-refractivity contribution in [1.29, 1.82) is 0 Å². The molecule has 0 aromatic heterocycles. The molecule has 0 bridgehead atoms. The van der Waals surface area contributed by atoms with Crippen molar-refractivity contribution in [2.45, 2.75) is 322 Å². The molecule has 7 aliphatic heterocycles. The molecule has 7 saturated heterocycles. The van der Waals surface area contributed by atoms with Gasteiger partial charge in [0.2, 0.25) is 29.5 Å². The quantitative estimate of drug-likeness (QED) is 0.0270. The summed E-state index contributed by atoms with van der Waals surface area (Å²) < 4.78 is 82.0. The second kappa shape index (κ2) is 46.0. The smallest absolute Gasteiger partial charge is 0.364 e. The number of hydrogen-bond donors (Lipinski definition) is 35. The lowest BCUT2D eigenvalue weighted by Gasteiger charge is -2.53. The average molecular weight is 1870 g/mol. The minimum Gasteiger partial charge on any atom is -0.477 e. The Bertz CT molecular complexity index is 3670. The van der Waals surface area contributed by atoms with Crippen molar-refractivity contribution in [3.05, 3.63) is 0 Å². The zero-order valence-electron chi connectivity index (χ0n) is 68.5. The number of rotatable bonds is 43. The number of hydrogen-bond acceptors (Lipinski definition) is 49. The molecule has 0 saturated carbocycles. The highest BCUT2D eigenvalue weighted by Crippen LogP contribution is 2.45. The molecule has 7 aliphatic rings. The van der Waals surface area contributed by atoms with E-state index in [0.29, 0.717) is 0 Å². The molecule has 0 aromatic rings. The van der Waals surface area contributed by atoms with Crippen LogP contribution in [0.5, 0.6) is 0 Å². The largest absolute Gasteiger partial charge is 0.477 e. The van der Waals surface area contributed by atoms with Gasteiger partial charge in [0.25, 0.3) is 23.1 Å². The number of amides is 5. The molecule has 0 aromatic carbocycles. The van der Waals surface area contributed by atoms with Crippen molar-refractivity contribution in [1.82, 2.24) is 26.6 Å². The Morgan fingerprint density at radius 1 is 0.336 bits per heavy atom. The summed E-state index contributed by atoms with van der Waals surface area (Å²) in [7, 11) is 0. The average Bonchev–Trinajstić information content (AvgIpc) is 0.752. The van der Waals surface area contributed by atoms with Crippen molar-refractivity contribution >= 4 is 53.4 Å². The Morgan fingerprint density at radius 3 is 0.969 bits per heavy atom. The first kappa shape index (κ1) is 109. The van der Waals surface area contributed by atoms with Gasteiger partial charge in [-0.2, -0.15) is 0 Å². The standard InChI is InChI=1S/C70H115N5O53/c1-19(85)71-37-24(90)6-67(63(107)108,123-54(37)43(99)29(95)11-77)121-34(16-82)47(103)56-39(73-21(3)87)26(92)8-69(125-56,65(111)112)127-58-46(102)33(15-81)116-61(49(58)105)120-53-41(75-23(5)89)60(115-32(14-80)45(53)101)119-52-36(18-84)117-62(118-51(31(97)13-79)42(98)28(94)10-76)50(106)59(52)128-70(66(113)114)9-27(93)40(74-22(4)88)57(126-70)48(104)35(17-83)122-68(64(109)110)7-25(91)38(72-20(2)86)55(124-68)44(100)30(96)12-78/h24-62,76-84,90-106H,6-18H2,1-5H3,(H,71,85)(H,72,86)(H,73,87)(H,74,88)(H,75,89)(H,107,108)(H,109,110)(H,111,112)(H,113,114)/t24-,25-,26-,27-,28-,29+,30+,31+,32+,33+,34+,35+,36+,37+,38+,39+,40+,41+,42+,43+,44+,45-,46-,47+,48+,49+,50+,51+,52-,53+,54+,55+,56+,57+,58-,59+,60-,61-,62-,67+,68+,69-,70-/m0/s1. The summed E-state index contributed by atoms with van der Waals surface area (Å²) in [5.74, 6) is -29.3. The Hall–Kier alpha value is -6.37. The van der Waals surface area contributed by atoms with Gasteiger partial charge >= 0.3 is 23.9 Å². The highest BCUT2D eigenvalue weighted by Gasteiger charge is 2.67. The summed E-state index contributed by atoms with van der Waals surface area (Å²) in [6.45, 7) is -8.91. The third kappa shape index (κ3) is 24.2. The predicted molar refractivity (Wildman–Crippen MR) is 393 cm³/mol. The van der Waals surface area contributed by atoms with Crippen molar-refractivity contribution in [3.8, 4) is 0 Å². The summed E-state index contributed by atoms with van der Waals surface area (Å²) in [4.78, 5) is 119. The van der Waals surface area contributed by atoms with Crippen LogP contribution in [-0.4, -0.2) is 528 Å². The maximum absolute atomic E-state index is 14.3. The monoisotopic (exact) mass is 1870 g/mol. The van der Waals surface area contributed by atoms with Gasteiger partial charge in [0, 0.05) is 60.3 Å². The molecule has 43 atom stereocenters. The number of ether oxygens (including phenoxy) is 14. The minimum atomic E-state index is -3.85. The maximum Gasteiger partial charge on any atom is 0.364 e. The number of carbonyl (C=O) groups is 9. The molecule has 128 heavy (non-hydrogen) atoms. The van der Waals surface area contributed by atoms with E-state index in [0.717, 1.165) is 34.6 Å². The Balaban J connectivity index is 1.31. The fraction of sp³-hybridized carbons (Fsp3) is 0.871. The molecule has 0 unspecified atom stereocenters. The predicted octanol–water partition coefficient (Wildman–Crippen LogP) is -21.3. The third-order valence-corrected chi connectivity index (χ3v) is 22.2. The van der Waals surface area contributed by atoms with Gasteiger partial charge in [-0.3, -0.25) is 24.0 Å². The van der Waals surface area contributed by atoms with Crippen LogP contribution >= 0.6 is 0 Å². The zero-order valence-corrected chi connectivity index (χ0v) is 68.5. The Morgan fingerprint density at radius 2 is 0.633 bits per heavy atom. The summed E-state index contributed by atoms with van der Waals surface area (Å²) in [6, 6.07) is -10.4. The van der Waals surface area contributed by atoms with Gasteiger partial charge in [0.15, 0.2) is 18.9 Å².